The highest BCUT2D eigenvalue weighted by Gasteiger charge is 2.38. The summed E-state index contributed by atoms with van der Waals surface area (Å²) in [6.45, 7) is 0. The lowest BCUT2D eigenvalue weighted by Crippen LogP contribution is -2.11. The molecule has 4 rings (SSSR count). The summed E-state index contributed by atoms with van der Waals surface area (Å²) in [7, 11) is 0. The number of aromatic nitrogens is 4. The fourth-order valence-corrected chi connectivity index (χ4v) is 2.55. The molecule has 0 bridgehead atoms. The topological polar surface area (TPSA) is 52.3 Å². The van der Waals surface area contributed by atoms with Crippen LogP contribution in [0.3, 0.4) is 0 Å². The van der Waals surface area contributed by atoms with Crippen molar-refractivity contribution in [3.05, 3.63) is 59.4 Å². The number of nitrogens with zero attached hydrogens (tertiary/aromatic N) is 4. The lowest BCUT2D eigenvalue weighted by molar-refractivity contribution is -0.145. The van der Waals surface area contributed by atoms with Crippen LogP contribution in [0.15, 0.2) is 48.5 Å². The van der Waals surface area contributed by atoms with Crippen LogP contribution in [0.5, 0.6) is 11.6 Å². The predicted molar refractivity (Wildman–Crippen MR) is 84.8 cm³/mol. The van der Waals surface area contributed by atoms with Gasteiger partial charge in [0, 0.05) is 5.02 Å². The molecule has 0 spiro atoms. The molecule has 5 nitrogen and oxygen atoms in total. The number of fused-ring (bicyclic) bond motifs is 3. The Morgan fingerprint density at radius 1 is 0.960 bits per heavy atom. The van der Waals surface area contributed by atoms with E-state index in [4.69, 9.17) is 16.3 Å². The first kappa shape index (κ1) is 15.6. The molecule has 25 heavy (non-hydrogen) atoms. The van der Waals surface area contributed by atoms with Crippen molar-refractivity contribution in [1.82, 2.24) is 19.6 Å². The molecule has 2 aromatic heterocycles. The average Bonchev–Trinajstić information content (AvgIpc) is 3.03. The Balaban J connectivity index is 1.97. The van der Waals surface area contributed by atoms with Gasteiger partial charge in [0.2, 0.25) is 11.5 Å². The fraction of sp³-hybridized carbons (Fsp3) is 0.0625. The highest BCUT2D eigenvalue weighted by atomic mass is 35.5. The molecule has 9 heteroatoms. The Morgan fingerprint density at radius 2 is 1.68 bits per heavy atom. The van der Waals surface area contributed by atoms with Gasteiger partial charge in [0.05, 0.1) is 11.0 Å². The van der Waals surface area contributed by atoms with Crippen molar-refractivity contribution >= 4 is 28.3 Å². The Bertz CT molecular complexity index is 1080. The zero-order valence-corrected chi connectivity index (χ0v) is 13.1. The second kappa shape index (κ2) is 5.59. The Kier molecular flexibility index (Phi) is 3.50. The first-order chi connectivity index (χ1) is 11.9. The predicted octanol–water partition coefficient (Wildman–Crippen LogP) is 4.74. The quantitative estimate of drug-likeness (QED) is 0.515. The van der Waals surface area contributed by atoms with E-state index in [0.29, 0.717) is 16.3 Å². The number of benzene rings is 2. The molecule has 2 aromatic carbocycles. The smallest absolute Gasteiger partial charge is 0.436 e. The molecule has 0 amide bonds. The Labute approximate surface area is 143 Å². The molecule has 0 fully saturated rings. The SMILES string of the molecule is FC(F)(F)c1nnc2c(Oc3ccc(Cl)cc3)nc3ccccc3n12. The van der Waals surface area contributed by atoms with Crippen molar-refractivity contribution in [2.45, 2.75) is 6.18 Å². The Hall–Kier alpha value is -2.87. The zero-order valence-electron chi connectivity index (χ0n) is 12.3. The van der Waals surface area contributed by atoms with Crippen LogP contribution in [0.1, 0.15) is 5.82 Å². The summed E-state index contributed by atoms with van der Waals surface area (Å²) in [5.41, 5.74) is 0.434. The number of rotatable bonds is 2. The average molecular weight is 365 g/mol. The minimum atomic E-state index is -4.67. The van der Waals surface area contributed by atoms with Gasteiger partial charge in [0.1, 0.15) is 5.75 Å². The maximum atomic E-state index is 13.3. The third-order valence-electron chi connectivity index (χ3n) is 3.48. The van der Waals surface area contributed by atoms with Crippen LogP contribution in [0.25, 0.3) is 16.7 Å². The molecule has 2 heterocycles. The molecular weight excluding hydrogens is 357 g/mol. The summed E-state index contributed by atoms with van der Waals surface area (Å²) in [5.74, 6) is -0.850. The molecule has 126 valence electrons. The van der Waals surface area contributed by atoms with E-state index in [0.717, 1.165) is 4.40 Å². The van der Waals surface area contributed by atoms with E-state index in [1.807, 2.05) is 0 Å². The second-order valence-electron chi connectivity index (χ2n) is 5.14. The van der Waals surface area contributed by atoms with Gasteiger partial charge >= 0.3 is 6.18 Å². The molecule has 4 aromatic rings. The van der Waals surface area contributed by atoms with Crippen LogP contribution >= 0.6 is 11.6 Å². The summed E-state index contributed by atoms with van der Waals surface area (Å²) in [5, 5.41) is 7.41. The van der Waals surface area contributed by atoms with Gasteiger partial charge in [-0.1, -0.05) is 23.7 Å². The molecule has 0 radical (unpaired) electrons. The van der Waals surface area contributed by atoms with Crippen LogP contribution in [0.4, 0.5) is 13.2 Å². The zero-order chi connectivity index (χ0) is 17.6. The van der Waals surface area contributed by atoms with Crippen molar-refractivity contribution in [2.75, 3.05) is 0 Å². The van der Waals surface area contributed by atoms with Crippen molar-refractivity contribution < 1.29 is 17.9 Å². The number of para-hydroxylation sites is 2. The van der Waals surface area contributed by atoms with Gasteiger partial charge < -0.3 is 4.74 Å². The first-order valence-electron chi connectivity index (χ1n) is 7.08. The van der Waals surface area contributed by atoms with E-state index in [9.17, 15) is 13.2 Å². The summed E-state index contributed by atoms with van der Waals surface area (Å²) < 4.78 is 46.4. The van der Waals surface area contributed by atoms with Crippen molar-refractivity contribution in [3.63, 3.8) is 0 Å². The van der Waals surface area contributed by atoms with Crippen LogP contribution in [-0.2, 0) is 6.18 Å². The van der Waals surface area contributed by atoms with Gasteiger partial charge in [-0.05, 0) is 36.4 Å². The van der Waals surface area contributed by atoms with Gasteiger partial charge in [-0.15, -0.1) is 10.2 Å². The lowest BCUT2D eigenvalue weighted by atomic mass is 10.3. The molecule has 0 saturated carbocycles. The first-order valence-corrected chi connectivity index (χ1v) is 7.46. The molecule has 0 N–H and O–H groups in total. The van der Waals surface area contributed by atoms with Gasteiger partial charge in [-0.3, -0.25) is 4.40 Å². The maximum Gasteiger partial charge on any atom is 0.452 e. The summed E-state index contributed by atoms with van der Waals surface area (Å²) in [6, 6.07) is 12.7. The molecule has 0 aliphatic heterocycles. The normalized spacial score (nSPS) is 12.0. The van der Waals surface area contributed by atoms with Gasteiger partial charge in [0.15, 0.2) is 0 Å². The molecule has 0 unspecified atom stereocenters. The molecular formula is C16H8ClF3N4O. The highest BCUT2D eigenvalue weighted by molar-refractivity contribution is 6.30. The standard InChI is InChI=1S/C16H8ClF3N4O/c17-9-5-7-10(8-6-9)25-14-13-22-23-15(16(18,19)20)24(13)12-4-2-1-3-11(12)21-14/h1-8H. The number of hydrogen-bond donors (Lipinski definition) is 0. The third-order valence-corrected chi connectivity index (χ3v) is 3.73. The summed E-state index contributed by atoms with van der Waals surface area (Å²) in [6.07, 6.45) is -4.67. The summed E-state index contributed by atoms with van der Waals surface area (Å²) in [4.78, 5) is 4.27. The molecule has 0 aliphatic carbocycles. The lowest BCUT2D eigenvalue weighted by Gasteiger charge is -2.10. The van der Waals surface area contributed by atoms with Crippen molar-refractivity contribution in [1.29, 1.82) is 0 Å². The molecule has 0 atom stereocenters. The number of ether oxygens (including phenoxy) is 1. The Morgan fingerprint density at radius 3 is 2.40 bits per heavy atom. The van der Waals surface area contributed by atoms with Crippen LogP contribution in [0.2, 0.25) is 5.02 Å². The fourth-order valence-electron chi connectivity index (χ4n) is 2.42. The highest BCUT2D eigenvalue weighted by Crippen LogP contribution is 2.33. The summed E-state index contributed by atoms with van der Waals surface area (Å²) >= 11 is 5.82. The van der Waals surface area contributed by atoms with E-state index < -0.39 is 12.0 Å². The van der Waals surface area contributed by atoms with Gasteiger partial charge in [-0.2, -0.15) is 13.2 Å². The van der Waals surface area contributed by atoms with Crippen molar-refractivity contribution in [3.8, 4) is 11.6 Å². The van der Waals surface area contributed by atoms with E-state index in [-0.39, 0.29) is 17.0 Å². The number of hydrogen-bond acceptors (Lipinski definition) is 4. The van der Waals surface area contributed by atoms with Crippen molar-refractivity contribution in [2.24, 2.45) is 0 Å². The van der Waals surface area contributed by atoms with Crippen LogP contribution in [0, 0.1) is 0 Å². The van der Waals surface area contributed by atoms with E-state index in [1.165, 1.54) is 6.07 Å². The maximum absolute atomic E-state index is 13.3. The van der Waals surface area contributed by atoms with Gasteiger partial charge in [-0.25, -0.2) is 4.98 Å². The molecule has 0 saturated heterocycles. The number of halogens is 4. The third kappa shape index (κ3) is 2.74. The van der Waals surface area contributed by atoms with Gasteiger partial charge in [0.25, 0.3) is 5.88 Å². The van der Waals surface area contributed by atoms with E-state index in [1.54, 1.807) is 42.5 Å². The van der Waals surface area contributed by atoms with Crippen LogP contribution in [-0.4, -0.2) is 19.6 Å². The monoisotopic (exact) mass is 364 g/mol. The minimum Gasteiger partial charge on any atom is -0.436 e. The number of alkyl halides is 3. The van der Waals surface area contributed by atoms with E-state index >= 15 is 0 Å². The second-order valence-corrected chi connectivity index (χ2v) is 5.58. The minimum absolute atomic E-state index is 0.0796. The van der Waals surface area contributed by atoms with Crippen LogP contribution < -0.4 is 4.74 Å². The molecule has 0 aliphatic rings. The largest absolute Gasteiger partial charge is 0.452 e. The van der Waals surface area contributed by atoms with E-state index in [2.05, 4.69) is 15.2 Å².